The zero-order chi connectivity index (χ0) is 14.5. The first-order chi connectivity index (χ1) is 9.58. The molecule has 1 aromatic rings. The smallest absolute Gasteiger partial charge is 0.254 e. The fraction of sp³-hybridized carbons (Fsp3) is 0.462. The number of hydrogen-bond acceptors (Lipinski definition) is 3. The Morgan fingerprint density at radius 3 is 3.05 bits per heavy atom. The van der Waals surface area contributed by atoms with E-state index in [0.717, 1.165) is 25.2 Å². The van der Waals surface area contributed by atoms with Gasteiger partial charge in [0.15, 0.2) is 0 Å². The number of nitrogens with one attached hydrogen (secondary N) is 1. The predicted molar refractivity (Wildman–Crippen MR) is 72.0 cm³/mol. The molecule has 1 aliphatic heterocycles. The van der Waals surface area contributed by atoms with Crippen LogP contribution >= 0.6 is 11.6 Å². The molecule has 1 aromatic heterocycles. The highest BCUT2D eigenvalue weighted by Crippen LogP contribution is 2.13. The minimum Gasteiger partial charge on any atom is -0.352 e. The van der Waals surface area contributed by atoms with Gasteiger partial charge < -0.3 is 10.2 Å². The molecule has 0 aromatic carbocycles. The van der Waals surface area contributed by atoms with E-state index in [1.165, 1.54) is 0 Å². The third-order valence-corrected chi connectivity index (χ3v) is 3.41. The van der Waals surface area contributed by atoms with Gasteiger partial charge in [-0.2, -0.15) is 0 Å². The Bertz CT molecular complexity index is 524. The van der Waals surface area contributed by atoms with Gasteiger partial charge in [0.25, 0.3) is 5.91 Å². The molecule has 2 amide bonds. The van der Waals surface area contributed by atoms with Crippen LogP contribution in [0.2, 0.25) is 5.15 Å². The van der Waals surface area contributed by atoms with Crippen LogP contribution in [0.5, 0.6) is 0 Å². The van der Waals surface area contributed by atoms with Crippen molar-refractivity contribution in [2.45, 2.75) is 19.3 Å². The van der Waals surface area contributed by atoms with Gasteiger partial charge in [-0.3, -0.25) is 9.59 Å². The molecule has 0 atom stereocenters. The normalized spacial score (nSPS) is 14.7. The summed E-state index contributed by atoms with van der Waals surface area (Å²) < 4.78 is 13.0. The maximum atomic E-state index is 13.0. The Morgan fingerprint density at radius 1 is 1.55 bits per heavy atom. The van der Waals surface area contributed by atoms with E-state index in [1.54, 1.807) is 4.90 Å². The summed E-state index contributed by atoms with van der Waals surface area (Å²) >= 11 is 5.74. The molecule has 5 nitrogen and oxygen atoms in total. The van der Waals surface area contributed by atoms with Crippen molar-refractivity contribution in [2.24, 2.45) is 0 Å². The second kappa shape index (κ2) is 6.65. The number of pyridine rings is 1. The quantitative estimate of drug-likeness (QED) is 0.664. The Morgan fingerprint density at radius 2 is 2.35 bits per heavy atom. The van der Waals surface area contributed by atoms with Gasteiger partial charge in [0.2, 0.25) is 5.91 Å². The van der Waals surface area contributed by atoms with Gasteiger partial charge in [0, 0.05) is 26.1 Å². The number of halogens is 2. The second-order valence-electron chi connectivity index (χ2n) is 4.59. The first-order valence-electron chi connectivity index (χ1n) is 6.45. The van der Waals surface area contributed by atoms with Crippen LogP contribution in [0.25, 0.3) is 0 Å². The molecule has 0 radical (unpaired) electrons. The first kappa shape index (κ1) is 14.7. The molecule has 0 spiro atoms. The predicted octanol–water partition coefficient (Wildman–Crippen LogP) is 1.62. The molecule has 0 unspecified atom stereocenters. The van der Waals surface area contributed by atoms with Gasteiger partial charge in [-0.25, -0.2) is 9.37 Å². The minimum atomic E-state index is -0.609. The molecule has 1 N–H and O–H groups in total. The first-order valence-corrected chi connectivity index (χ1v) is 6.83. The van der Waals surface area contributed by atoms with Crippen molar-refractivity contribution in [1.82, 2.24) is 15.2 Å². The highest BCUT2D eigenvalue weighted by Gasteiger charge is 2.19. The van der Waals surface area contributed by atoms with Crippen LogP contribution < -0.4 is 5.32 Å². The summed E-state index contributed by atoms with van der Waals surface area (Å²) in [5.41, 5.74) is 0.0175. The lowest BCUT2D eigenvalue weighted by Crippen LogP contribution is -2.30. The van der Waals surface area contributed by atoms with Crippen molar-refractivity contribution in [1.29, 1.82) is 0 Å². The van der Waals surface area contributed by atoms with Gasteiger partial charge in [0.1, 0.15) is 11.0 Å². The molecular weight excluding hydrogens is 285 g/mol. The number of aromatic nitrogens is 1. The van der Waals surface area contributed by atoms with E-state index < -0.39 is 11.7 Å². The van der Waals surface area contributed by atoms with Gasteiger partial charge in [-0.15, -0.1) is 0 Å². The molecule has 1 saturated heterocycles. The summed E-state index contributed by atoms with van der Waals surface area (Å²) in [4.78, 5) is 28.5. The van der Waals surface area contributed by atoms with E-state index in [0.29, 0.717) is 25.9 Å². The summed E-state index contributed by atoms with van der Waals surface area (Å²) in [6.45, 7) is 1.80. The van der Waals surface area contributed by atoms with Crippen LogP contribution in [0.4, 0.5) is 4.39 Å². The van der Waals surface area contributed by atoms with Crippen LogP contribution in [-0.2, 0) is 4.79 Å². The SMILES string of the molecule is O=C(NCCCN1CCCC1=O)c1cc(F)cnc1Cl. The summed E-state index contributed by atoms with van der Waals surface area (Å²) in [6, 6.07) is 1.05. The molecule has 2 rings (SSSR count). The molecule has 2 heterocycles. The van der Waals surface area contributed by atoms with Crippen LogP contribution in [0.3, 0.4) is 0 Å². The molecule has 20 heavy (non-hydrogen) atoms. The molecule has 1 aliphatic rings. The molecule has 0 aliphatic carbocycles. The summed E-state index contributed by atoms with van der Waals surface area (Å²) in [7, 11) is 0. The second-order valence-corrected chi connectivity index (χ2v) is 4.94. The van der Waals surface area contributed by atoms with Crippen LogP contribution in [0, 0.1) is 5.82 Å². The number of carbonyl (C=O) groups excluding carboxylic acids is 2. The standard InChI is InChI=1S/C13H15ClFN3O2/c14-12-10(7-9(15)8-17-12)13(20)16-4-2-6-18-5-1-3-11(18)19/h7-8H,1-6H2,(H,16,20). The van der Waals surface area contributed by atoms with E-state index in [9.17, 15) is 14.0 Å². The highest BCUT2D eigenvalue weighted by atomic mass is 35.5. The molecule has 0 bridgehead atoms. The van der Waals surface area contributed by atoms with Gasteiger partial charge in [0.05, 0.1) is 11.8 Å². The van der Waals surface area contributed by atoms with Gasteiger partial charge >= 0.3 is 0 Å². The average molecular weight is 300 g/mol. The van der Waals surface area contributed by atoms with E-state index in [2.05, 4.69) is 10.3 Å². The number of nitrogens with zero attached hydrogens (tertiary/aromatic N) is 2. The van der Waals surface area contributed by atoms with Crippen LogP contribution in [0.15, 0.2) is 12.3 Å². The highest BCUT2D eigenvalue weighted by molar-refractivity contribution is 6.32. The number of likely N-dealkylation sites (tertiary alicyclic amines) is 1. The Hall–Kier alpha value is -1.69. The van der Waals surface area contributed by atoms with Crippen molar-refractivity contribution in [3.05, 3.63) is 28.8 Å². The van der Waals surface area contributed by atoms with Crippen molar-refractivity contribution < 1.29 is 14.0 Å². The Labute approximate surface area is 121 Å². The van der Waals surface area contributed by atoms with E-state index >= 15 is 0 Å². The molecule has 0 saturated carbocycles. The van der Waals surface area contributed by atoms with Crippen molar-refractivity contribution >= 4 is 23.4 Å². The van der Waals surface area contributed by atoms with Crippen LogP contribution in [0.1, 0.15) is 29.6 Å². The zero-order valence-corrected chi connectivity index (χ0v) is 11.6. The number of hydrogen-bond donors (Lipinski definition) is 1. The summed E-state index contributed by atoms with van der Waals surface area (Å²) in [5, 5.41) is 2.61. The van der Waals surface area contributed by atoms with Gasteiger partial charge in [-0.05, 0) is 18.9 Å². The van der Waals surface area contributed by atoms with E-state index in [1.807, 2.05) is 0 Å². The molecule has 108 valence electrons. The van der Waals surface area contributed by atoms with E-state index in [-0.39, 0.29) is 16.6 Å². The van der Waals surface area contributed by atoms with Crippen molar-refractivity contribution in [3.8, 4) is 0 Å². The number of carbonyl (C=O) groups is 2. The maximum Gasteiger partial charge on any atom is 0.254 e. The largest absolute Gasteiger partial charge is 0.352 e. The lowest BCUT2D eigenvalue weighted by molar-refractivity contribution is -0.127. The fourth-order valence-corrected chi connectivity index (χ4v) is 2.28. The summed E-state index contributed by atoms with van der Waals surface area (Å²) in [6.07, 6.45) is 3.11. The number of amides is 2. The Kier molecular flexibility index (Phi) is 4.89. The summed E-state index contributed by atoms with van der Waals surface area (Å²) in [5.74, 6) is -0.911. The molecule has 7 heteroatoms. The minimum absolute atomic E-state index is 0.0175. The molecule has 1 fully saturated rings. The van der Waals surface area contributed by atoms with E-state index in [4.69, 9.17) is 11.6 Å². The maximum absolute atomic E-state index is 13.0. The lowest BCUT2D eigenvalue weighted by Gasteiger charge is -2.15. The lowest BCUT2D eigenvalue weighted by atomic mass is 10.2. The third-order valence-electron chi connectivity index (χ3n) is 3.11. The molecular formula is C13H15ClFN3O2. The van der Waals surface area contributed by atoms with Crippen LogP contribution in [-0.4, -0.2) is 41.3 Å². The zero-order valence-electron chi connectivity index (χ0n) is 10.9. The third kappa shape index (κ3) is 3.66. The Balaban J connectivity index is 1.77. The topological polar surface area (TPSA) is 62.3 Å². The van der Waals surface area contributed by atoms with Gasteiger partial charge in [-0.1, -0.05) is 11.6 Å². The van der Waals surface area contributed by atoms with Crippen molar-refractivity contribution in [2.75, 3.05) is 19.6 Å². The number of rotatable bonds is 5. The monoisotopic (exact) mass is 299 g/mol. The fourth-order valence-electron chi connectivity index (χ4n) is 2.09. The average Bonchev–Trinajstić information content (AvgIpc) is 2.83. The van der Waals surface area contributed by atoms with Crippen molar-refractivity contribution in [3.63, 3.8) is 0 Å².